The van der Waals surface area contributed by atoms with E-state index >= 15 is 0 Å². The van der Waals surface area contributed by atoms with Gasteiger partial charge in [-0.3, -0.25) is 10.1 Å². The van der Waals surface area contributed by atoms with Gasteiger partial charge in [-0.1, -0.05) is 28.1 Å². The number of nitro benzene ring substituents is 1. The Balaban J connectivity index is 1.84. The van der Waals surface area contributed by atoms with Crippen LogP contribution in [0.15, 0.2) is 57.9 Å². The highest BCUT2D eigenvalue weighted by atomic mass is 79.9. The molecule has 1 aliphatic heterocycles. The molecule has 0 aromatic heterocycles. The lowest BCUT2D eigenvalue weighted by Crippen LogP contribution is -2.12. The van der Waals surface area contributed by atoms with Crippen molar-refractivity contribution in [3.63, 3.8) is 0 Å². The molecule has 0 radical (unpaired) electrons. The van der Waals surface area contributed by atoms with Crippen molar-refractivity contribution in [3.05, 3.63) is 68.7 Å². The number of halogens is 1. The lowest BCUT2D eigenvalue weighted by molar-refractivity contribution is -0.384. The fourth-order valence-corrected chi connectivity index (χ4v) is 4.21. The van der Waals surface area contributed by atoms with E-state index in [1.807, 2.05) is 24.3 Å². The predicted molar refractivity (Wildman–Crippen MR) is 83.9 cm³/mol. The molecule has 0 saturated carbocycles. The van der Waals surface area contributed by atoms with Crippen LogP contribution >= 0.6 is 15.9 Å². The molecule has 8 heteroatoms. The third kappa shape index (κ3) is 2.77. The Morgan fingerprint density at radius 2 is 1.86 bits per heavy atom. The standard InChI is InChI=1S/C14H11BrN2O4S/c15-11-3-1-2-10(8-11)14-9-16(14)22(20,21)13-6-4-12(5-7-13)17(18)19/h1-8,14H,9H2/t14-,16?/m1/s1. The molecule has 1 aliphatic rings. The predicted octanol–water partition coefficient (Wildman–Crippen LogP) is 3.10. The van der Waals surface area contributed by atoms with E-state index in [1.54, 1.807) is 0 Å². The maximum atomic E-state index is 12.5. The Kier molecular flexibility index (Phi) is 3.75. The first-order chi connectivity index (χ1) is 10.4. The molecule has 3 rings (SSSR count). The molecule has 2 aromatic carbocycles. The molecule has 1 unspecified atom stereocenters. The van der Waals surface area contributed by atoms with Crippen molar-refractivity contribution in [2.24, 2.45) is 0 Å². The zero-order chi connectivity index (χ0) is 15.9. The number of benzene rings is 2. The van der Waals surface area contributed by atoms with Crippen LogP contribution in [0.4, 0.5) is 5.69 Å². The molecule has 2 aromatic rings. The second-order valence-electron chi connectivity index (χ2n) is 4.90. The second kappa shape index (κ2) is 5.45. The molecule has 1 saturated heterocycles. The van der Waals surface area contributed by atoms with Crippen LogP contribution in [0, 0.1) is 10.1 Å². The van der Waals surface area contributed by atoms with Crippen LogP contribution < -0.4 is 0 Å². The largest absolute Gasteiger partial charge is 0.269 e. The van der Waals surface area contributed by atoms with Gasteiger partial charge in [-0.25, -0.2) is 8.42 Å². The lowest BCUT2D eigenvalue weighted by Gasteiger charge is -2.06. The molecule has 114 valence electrons. The van der Waals surface area contributed by atoms with Gasteiger partial charge in [-0.15, -0.1) is 0 Å². The maximum absolute atomic E-state index is 12.5. The number of hydrogen-bond donors (Lipinski definition) is 0. The van der Waals surface area contributed by atoms with Crippen molar-refractivity contribution in [2.45, 2.75) is 10.9 Å². The average Bonchev–Trinajstić information content (AvgIpc) is 3.28. The van der Waals surface area contributed by atoms with Crippen LogP contribution in [-0.2, 0) is 10.0 Å². The first-order valence-corrected chi connectivity index (χ1v) is 8.64. The van der Waals surface area contributed by atoms with E-state index < -0.39 is 14.9 Å². The summed E-state index contributed by atoms with van der Waals surface area (Å²) < 4.78 is 27.2. The Morgan fingerprint density at radius 1 is 1.18 bits per heavy atom. The third-order valence-electron chi connectivity index (χ3n) is 3.45. The topological polar surface area (TPSA) is 80.3 Å². The zero-order valence-corrected chi connectivity index (χ0v) is 13.6. The van der Waals surface area contributed by atoms with Crippen molar-refractivity contribution >= 4 is 31.6 Å². The number of non-ortho nitro benzene ring substituents is 1. The molecule has 0 bridgehead atoms. The Bertz CT molecular complexity index is 836. The van der Waals surface area contributed by atoms with Crippen LogP contribution in [-0.4, -0.2) is 24.2 Å². The van der Waals surface area contributed by atoms with E-state index in [4.69, 9.17) is 0 Å². The molecule has 0 spiro atoms. The van der Waals surface area contributed by atoms with Gasteiger partial charge in [-0.05, 0) is 29.8 Å². The minimum atomic E-state index is -3.62. The van der Waals surface area contributed by atoms with Gasteiger partial charge >= 0.3 is 0 Å². The van der Waals surface area contributed by atoms with Crippen molar-refractivity contribution in [1.29, 1.82) is 0 Å². The zero-order valence-electron chi connectivity index (χ0n) is 11.2. The summed E-state index contributed by atoms with van der Waals surface area (Å²) in [6.45, 7) is 0.412. The summed E-state index contributed by atoms with van der Waals surface area (Å²) in [6.07, 6.45) is 0. The smallest absolute Gasteiger partial charge is 0.258 e. The van der Waals surface area contributed by atoms with Crippen LogP contribution in [0.5, 0.6) is 0 Å². The third-order valence-corrected chi connectivity index (χ3v) is 5.84. The van der Waals surface area contributed by atoms with Gasteiger partial charge in [0, 0.05) is 23.2 Å². The monoisotopic (exact) mass is 382 g/mol. The van der Waals surface area contributed by atoms with Crippen molar-refractivity contribution in [3.8, 4) is 0 Å². The van der Waals surface area contributed by atoms with Crippen LogP contribution in [0.1, 0.15) is 11.6 Å². The Morgan fingerprint density at radius 3 is 2.45 bits per heavy atom. The highest BCUT2D eigenvalue weighted by Gasteiger charge is 2.45. The van der Waals surface area contributed by atoms with Gasteiger partial charge in [-0.2, -0.15) is 4.31 Å². The van der Waals surface area contributed by atoms with Gasteiger partial charge in [0.1, 0.15) is 0 Å². The van der Waals surface area contributed by atoms with Crippen molar-refractivity contribution in [1.82, 2.24) is 4.31 Å². The molecule has 1 heterocycles. The van der Waals surface area contributed by atoms with Gasteiger partial charge in [0.25, 0.3) is 5.69 Å². The minimum Gasteiger partial charge on any atom is -0.258 e. The number of nitrogens with zero attached hydrogens (tertiary/aromatic N) is 2. The van der Waals surface area contributed by atoms with Crippen molar-refractivity contribution < 1.29 is 13.3 Å². The summed E-state index contributed by atoms with van der Waals surface area (Å²) in [5, 5.41) is 10.6. The summed E-state index contributed by atoms with van der Waals surface area (Å²) in [6, 6.07) is 12.2. The summed E-state index contributed by atoms with van der Waals surface area (Å²) in [4.78, 5) is 10.1. The normalized spacial score (nSPS) is 20.6. The molecular weight excluding hydrogens is 372 g/mol. The van der Waals surface area contributed by atoms with Crippen LogP contribution in [0.2, 0.25) is 0 Å². The summed E-state index contributed by atoms with van der Waals surface area (Å²) in [5.41, 5.74) is 0.785. The van der Waals surface area contributed by atoms with E-state index in [0.29, 0.717) is 6.54 Å². The van der Waals surface area contributed by atoms with E-state index in [2.05, 4.69) is 15.9 Å². The van der Waals surface area contributed by atoms with Gasteiger partial charge < -0.3 is 0 Å². The molecule has 22 heavy (non-hydrogen) atoms. The minimum absolute atomic E-state index is 0.0654. The Hall–Kier alpha value is -1.77. The number of hydrogen-bond acceptors (Lipinski definition) is 4. The first kappa shape index (κ1) is 15.1. The van der Waals surface area contributed by atoms with E-state index in [1.165, 1.54) is 28.6 Å². The molecule has 1 fully saturated rings. The molecule has 6 nitrogen and oxygen atoms in total. The number of sulfonamides is 1. The summed E-state index contributed by atoms with van der Waals surface area (Å²) >= 11 is 3.36. The molecule has 0 aliphatic carbocycles. The number of rotatable bonds is 4. The van der Waals surface area contributed by atoms with Crippen LogP contribution in [0.3, 0.4) is 0 Å². The van der Waals surface area contributed by atoms with Gasteiger partial charge in [0.2, 0.25) is 10.0 Å². The molecule has 0 N–H and O–H groups in total. The fourth-order valence-electron chi connectivity index (χ4n) is 2.25. The second-order valence-corrected chi connectivity index (χ2v) is 7.70. The van der Waals surface area contributed by atoms with E-state index in [9.17, 15) is 18.5 Å². The average molecular weight is 383 g/mol. The molecule has 2 atom stereocenters. The summed E-state index contributed by atoms with van der Waals surface area (Å²) in [7, 11) is -3.62. The van der Waals surface area contributed by atoms with Gasteiger partial charge in [0.05, 0.1) is 15.9 Å². The van der Waals surface area contributed by atoms with Crippen LogP contribution in [0.25, 0.3) is 0 Å². The maximum Gasteiger partial charge on any atom is 0.269 e. The summed E-state index contributed by atoms with van der Waals surface area (Å²) in [5.74, 6) is 0. The fraction of sp³-hybridized carbons (Fsp3) is 0.143. The van der Waals surface area contributed by atoms with Gasteiger partial charge in [0.15, 0.2) is 0 Å². The highest BCUT2D eigenvalue weighted by molar-refractivity contribution is 9.10. The SMILES string of the molecule is O=[N+]([O-])c1ccc(S(=O)(=O)N2C[C@@H]2c2cccc(Br)c2)cc1. The van der Waals surface area contributed by atoms with Crippen molar-refractivity contribution in [2.75, 3.05) is 6.54 Å². The van der Waals surface area contributed by atoms with E-state index in [-0.39, 0.29) is 16.6 Å². The highest BCUT2D eigenvalue weighted by Crippen LogP contribution is 2.41. The number of nitro groups is 1. The Labute approximate surface area is 135 Å². The quantitative estimate of drug-likeness (QED) is 0.462. The first-order valence-electron chi connectivity index (χ1n) is 6.41. The lowest BCUT2D eigenvalue weighted by atomic mass is 10.2. The molecule has 0 amide bonds. The molecular formula is C14H11BrN2O4S. The van der Waals surface area contributed by atoms with E-state index in [0.717, 1.165) is 10.0 Å².